The Morgan fingerprint density at radius 1 is 1.73 bits per heavy atom. The van der Waals surface area contributed by atoms with E-state index in [1.807, 2.05) is 26.2 Å². The van der Waals surface area contributed by atoms with Crippen LogP contribution in [-0.2, 0) is 11.9 Å². The van der Waals surface area contributed by atoms with E-state index < -0.39 is 0 Å². The summed E-state index contributed by atoms with van der Waals surface area (Å²) in [7, 11) is 1.88. The summed E-state index contributed by atoms with van der Waals surface area (Å²) >= 11 is 0. The number of oxime groups is 1. The van der Waals surface area contributed by atoms with Gasteiger partial charge in [-0.1, -0.05) is 11.2 Å². The Morgan fingerprint density at radius 3 is 3.13 bits per heavy atom. The van der Waals surface area contributed by atoms with Crippen LogP contribution in [0.2, 0.25) is 0 Å². The molecule has 82 valence electrons. The largest absolute Gasteiger partial charge is 0.396 e. The second kappa shape index (κ2) is 6.01. The molecule has 1 heterocycles. The second-order valence-corrected chi connectivity index (χ2v) is 3.34. The standard InChI is InChI=1S/C11H17N3O/c1-4-5-6-7-15-13-10(2)11-8-12-14(3)9-11/h4,8-9H,1,5-7H2,2-3H3/b13-10+. The third kappa shape index (κ3) is 3.97. The molecule has 4 heteroatoms. The van der Waals surface area contributed by atoms with Gasteiger partial charge in [0.2, 0.25) is 0 Å². The van der Waals surface area contributed by atoms with Crippen molar-refractivity contribution in [1.82, 2.24) is 9.78 Å². The van der Waals surface area contributed by atoms with Crippen molar-refractivity contribution in [3.63, 3.8) is 0 Å². The lowest BCUT2D eigenvalue weighted by Gasteiger charge is -1.98. The molecule has 0 amide bonds. The summed E-state index contributed by atoms with van der Waals surface area (Å²) in [6, 6.07) is 0. The first-order valence-electron chi connectivity index (χ1n) is 5.00. The van der Waals surface area contributed by atoms with Gasteiger partial charge in [0.05, 0.1) is 11.9 Å². The molecular weight excluding hydrogens is 190 g/mol. The van der Waals surface area contributed by atoms with E-state index in [2.05, 4.69) is 16.8 Å². The van der Waals surface area contributed by atoms with E-state index in [9.17, 15) is 0 Å². The van der Waals surface area contributed by atoms with Crippen LogP contribution in [0.5, 0.6) is 0 Å². The Kier molecular flexibility index (Phi) is 4.60. The molecule has 15 heavy (non-hydrogen) atoms. The molecule has 1 aromatic heterocycles. The molecule has 0 aliphatic rings. The predicted molar refractivity (Wildman–Crippen MR) is 60.8 cm³/mol. The van der Waals surface area contributed by atoms with Crippen molar-refractivity contribution in [2.45, 2.75) is 19.8 Å². The summed E-state index contributed by atoms with van der Waals surface area (Å²) in [5.41, 5.74) is 1.84. The second-order valence-electron chi connectivity index (χ2n) is 3.34. The first kappa shape index (κ1) is 11.5. The third-order valence-electron chi connectivity index (χ3n) is 1.97. The van der Waals surface area contributed by atoms with E-state index in [1.165, 1.54) is 0 Å². The van der Waals surface area contributed by atoms with Crippen molar-refractivity contribution in [3.05, 3.63) is 30.6 Å². The van der Waals surface area contributed by atoms with Gasteiger partial charge in [-0.05, 0) is 19.8 Å². The molecule has 0 saturated heterocycles. The number of hydrogen-bond donors (Lipinski definition) is 0. The van der Waals surface area contributed by atoms with Crippen LogP contribution in [0.4, 0.5) is 0 Å². The zero-order chi connectivity index (χ0) is 11.1. The molecular formula is C11H17N3O. The molecule has 0 spiro atoms. The number of aryl methyl sites for hydroxylation is 1. The van der Waals surface area contributed by atoms with E-state index in [0.29, 0.717) is 6.61 Å². The maximum atomic E-state index is 5.16. The van der Waals surface area contributed by atoms with Gasteiger partial charge in [0.15, 0.2) is 0 Å². The molecule has 0 N–H and O–H groups in total. The Balaban J connectivity index is 2.36. The van der Waals surface area contributed by atoms with Gasteiger partial charge in [0.1, 0.15) is 6.61 Å². The minimum Gasteiger partial charge on any atom is -0.396 e. The molecule has 0 aliphatic heterocycles. The normalized spacial score (nSPS) is 11.5. The molecule has 0 aromatic carbocycles. The molecule has 0 radical (unpaired) electrons. The summed E-state index contributed by atoms with van der Waals surface area (Å²) in [5.74, 6) is 0. The SMILES string of the molecule is C=CCCCO/N=C(\C)c1cnn(C)c1. The zero-order valence-corrected chi connectivity index (χ0v) is 9.31. The van der Waals surface area contributed by atoms with Crippen molar-refractivity contribution in [2.75, 3.05) is 6.61 Å². The average molecular weight is 207 g/mol. The van der Waals surface area contributed by atoms with E-state index in [1.54, 1.807) is 10.9 Å². The number of aromatic nitrogens is 2. The van der Waals surface area contributed by atoms with Gasteiger partial charge in [0.25, 0.3) is 0 Å². The van der Waals surface area contributed by atoms with Gasteiger partial charge in [-0.3, -0.25) is 4.68 Å². The van der Waals surface area contributed by atoms with Crippen LogP contribution < -0.4 is 0 Å². The highest BCUT2D eigenvalue weighted by molar-refractivity contribution is 5.97. The van der Waals surface area contributed by atoms with Gasteiger partial charge in [-0.15, -0.1) is 6.58 Å². The fourth-order valence-electron chi connectivity index (χ4n) is 1.10. The molecule has 4 nitrogen and oxygen atoms in total. The lowest BCUT2D eigenvalue weighted by molar-refractivity contribution is 0.142. The fourth-order valence-corrected chi connectivity index (χ4v) is 1.10. The number of unbranched alkanes of at least 4 members (excludes halogenated alkanes) is 1. The molecule has 0 fully saturated rings. The summed E-state index contributed by atoms with van der Waals surface area (Å²) in [4.78, 5) is 5.16. The molecule has 0 saturated carbocycles. The molecule has 0 bridgehead atoms. The summed E-state index contributed by atoms with van der Waals surface area (Å²) < 4.78 is 1.74. The number of allylic oxidation sites excluding steroid dienone is 1. The lowest BCUT2D eigenvalue weighted by Crippen LogP contribution is -1.96. The molecule has 0 atom stereocenters. The Bertz CT molecular complexity index is 341. The Morgan fingerprint density at radius 2 is 2.53 bits per heavy atom. The summed E-state index contributed by atoms with van der Waals surface area (Å²) in [5, 5.41) is 8.07. The third-order valence-corrected chi connectivity index (χ3v) is 1.97. The average Bonchev–Trinajstić information content (AvgIpc) is 2.64. The quantitative estimate of drug-likeness (QED) is 0.310. The summed E-state index contributed by atoms with van der Waals surface area (Å²) in [6.45, 7) is 6.18. The summed E-state index contributed by atoms with van der Waals surface area (Å²) in [6.07, 6.45) is 7.47. The monoisotopic (exact) mass is 207 g/mol. The van der Waals surface area contributed by atoms with Crippen LogP contribution in [0, 0.1) is 0 Å². The maximum Gasteiger partial charge on any atom is 0.117 e. The molecule has 1 aromatic rings. The first-order valence-corrected chi connectivity index (χ1v) is 5.00. The highest BCUT2D eigenvalue weighted by Crippen LogP contribution is 2.00. The fraction of sp³-hybridized carbons (Fsp3) is 0.455. The van der Waals surface area contributed by atoms with Crippen LogP contribution in [-0.4, -0.2) is 22.1 Å². The smallest absolute Gasteiger partial charge is 0.117 e. The molecule has 0 unspecified atom stereocenters. The van der Waals surface area contributed by atoms with Crippen molar-refractivity contribution in [2.24, 2.45) is 12.2 Å². The number of nitrogens with zero attached hydrogens (tertiary/aromatic N) is 3. The maximum absolute atomic E-state index is 5.16. The van der Waals surface area contributed by atoms with Crippen LogP contribution in [0.25, 0.3) is 0 Å². The minimum atomic E-state index is 0.629. The van der Waals surface area contributed by atoms with Gasteiger partial charge in [-0.25, -0.2) is 0 Å². The molecule has 0 aliphatic carbocycles. The zero-order valence-electron chi connectivity index (χ0n) is 9.31. The van der Waals surface area contributed by atoms with Gasteiger partial charge in [-0.2, -0.15) is 5.10 Å². The van der Waals surface area contributed by atoms with E-state index >= 15 is 0 Å². The molecule has 1 rings (SSSR count). The highest BCUT2D eigenvalue weighted by atomic mass is 16.6. The lowest BCUT2D eigenvalue weighted by atomic mass is 10.2. The van der Waals surface area contributed by atoms with Crippen molar-refractivity contribution in [1.29, 1.82) is 0 Å². The van der Waals surface area contributed by atoms with E-state index in [-0.39, 0.29) is 0 Å². The minimum absolute atomic E-state index is 0.629. The van der Waals surface area contributed by atoms with Gasteiger partial charge < -0.3 is 4.84 Å². The Hall–Kier alpha value is -1.58. The first-order chi connectivity index (χ1) is 7.24. The predicted octanol–water partition coefficient (Wildman–Crippen LogP) is 2.13. The van der Waals surface area contributed by atoms with Gasteiger partial charge >= 0.3 is 0 Å². The number of hydrogen-bond acceptors (Lipinski definition) is 3. The van der Waals surface area contributed by atoms with Crippen molar-refractivity contribution in [3.8, 4) is 0 Å². The van der Waals surface area contributed by atoms with E-state index in [0.717, 1.165) is 24.1 Å². The van der Waals surface area contributed by atoms with Crippen molar-refractivity contribution >= 4 is 5.71 Å². The van der Waals surface area contributed by atoms with Gasteiger partial charge in [0, 0.05) is 18.8 Å². The Labute approximate surface area is 90.2 Å². The van der Waals surface area contributed by atoms with Crippen LogP contribution in [0.3, 0.4) is 0 Å². The van der Waals surface area contributed by atoms with Crippen LogP contribution >= 0.6 is 0 Å². The van der Waals surface area contributed by atoms with Crippen molar-refractivity contribution < 1.29 is 4.84 Å². The highest BCUT2D eigenvalue weighted by Gasteiger charge is 1.99. The van der Waals surface area contributed by atoms with Crippen LogP contribution in [0.15, 0.2) is 30.2 Å². The number of rotatable bonds is 6. The topological polar surface area (TPSA) is 39.4 Å². The van der Waals surface area contributed by atoms with Crippen LogP contribution in [0.1, 0.15) is 25.3 Å². The van der Waals surface area contributed by atoms with E-state index in [4.69, 9.17) is 4.84 Å².